The zero-order valence-electron chi connectivity index (χ0n) is 14.6. The van der Waals surface area contributed by atoms with Crippen molar-refractivity contribution in [1.29, 1.82) is 0 Å². The summed E-state index contributed by atoms with van der Waals surface area (Å²) >= 11 is 0. The van der Waals surface area contributed by atoms with Crippen LogP contribution in [0.25, 0.3) is 5.70 Å². The highest BCUT2D eigenvalue weighted by atomic mass is 14.9. The van der Waals surface area contributed by atoms with E-state index in [-0.39, 0.29) is 11.0 Å². The number of anilines is 1. The zero-order valence-corrected chi connectivity index (χ0v) is 14.6. The normalized spacial score (nSPS) is 11.8. The average molecular weight is 306 g/mol. The Labute approximate surface area is 140 Å². The molecule has 0 atom stereocenters. The summed E-state index contributed by atoms with van der Waals surface area (Å²) in [6, 6.07) is 18.5. The molecule has 120 valence electrons. The van der Waals surface area contributed by atoms with Gasteiger partial charge < -0.3 is 5.32 Å². The minimum Gasteiger partial charge on any atom is -0.355 e. The number of rotatable bonds is 6. The lowest BCUT2D eigenvalue weighted by Gasteiger charge is -2.40. The van der Waals surface area contributed by atoms with Crippen molar-refractivity contribution in [3.8, 4) is 0 Å². The van der Waals surface area contributed by atoms with Crippen LogP contribution in [-0.2, 0) is 5.41 Å². The highest BCUT2D eigenvalue weighted by Crippen LogP contribution is 2.41. The minimum atomic E-state index is -0.279. The maximum absolute atomic E-state index is 4.35. The molecule has 1 N–H and O–H groups in total. The molecular weight excluding hydrogens is 280 g/mol. The van der Waals surface area contributed by atoms with E-state index >= 15 is 0 Å². The number of nitrogens with zero attached hydrogens (tertiary/aromatic N) is 1. The summed E-state index contributed by atoms with van der Waals surface area (Å²) in [5.74, 6) is 0. The van der Waals surface area contributed by atoms with Crippen LogP contribution in [0.2, 0.25) is 0 Å². The molecule has 2 rings (SSSR count). The van der Waals surface area contributed by atoms with Crippen LogP contribution >= 0.6 is 0 Å². The summed E-state index contributed by atoms with van der Waals surface area (Å²) in [4.78, 5) is 4.35. The molecule has 2 aromatic rings. The molecule has 2 aromatic carbocycles. The molecule has 0 aliphatic rings. The van der Waals surface area contributed by atoms with Gasteiger partial charge in [0.2, 0.25) is 0 Å². The van der Waals surface area contributed by atoms with Crippen LogP contribution in [0.1, 0.15) is 38.8 Å². The summed E-state index contributed by atoms with van der Waals surface area (Å²) in [5.41, 5.74) is 3.78. The largest absolute Gasteiger partial charge is 0.355 e. The summed E-state index contributed by atoms with van der Waals surface area (Å²) < 4.78 is 0. The van der Waals surface area contributed by atoms with E-state index in [1.165, 1.54) is 5.56 Å². The van der Waals surface area contributed by atoms with Crippen molar-refractivity contribution < 1.29 is 0 Å². The molecule has 0 fully saturated rings. The van der Waals surface area contributed by atoms with Gasteiger partial charge in [0.25, 0.3) is 0 Å². The second-order valence-corrected chi connectivity index (χ2v) is 6.86. The van der Waals surface area contributed by atoms with Gasteiger partial charge in [0.15, 0.2) is 0 Å². The van der Waals surface area contributed by atoms with Crippen molar-refractivity contribution in [1.82, 2.24) is 0 Å². The van der Waals surface area contributed by atoms with E-state index in [1.807, 2.05) is 24.3 Å². The van der Waals surface area contributed by atoms with Crippen LogP contribution in [0, 0.1) is 0 Å². The third kappa shape index (κ3) is 3.37. The molecule has 0 heterocycles. The van der Waals surface area contributed by atoms with Crippen LogP contribution < -0.4 is 5.32 Å². The zero-order chi connectivity index (χ0) is 17.1. The Morgan fingerprint density at radius 3 is 2.09 bits per heavy atom. The molecule has 0 amide bonds. The van der Waals surface area contributed by atoms with Gasteiger partial charge in [-0.05, 0) is 37.8 Å². The Bertz CT molecular complexity index is 697. The molecule has 0 aliphatic heterocycles. The fraction of sp³-hybridized carbons (Fsp3) is 0.286. The molecule has 0 aromatic heterocycles. The van der Waals surface area contributed by atoms with E-state index < -0.39 is 0 Å². The predicted octanol–water partition coefficient (Wildman–Crippen LogP) is 5.53. The lowest BCUT2D eigenvalue weighted by Crippen LogP contribution is -2.41. The lowest BCUT2D eigenvalue weighted by molar-refractivity contribution is 0.312. The monoisotopic (exact) mass is 306 g/mol. The van der Waals surface area contributed by atoms with E-state index in [2.05, 4.69) is 81.6 Å². The topological polar surface area (TPSA) is 24.4 Å². The van der Waals surface area contributed by atoms with Crippen LogP contribution in [0.15, 0.2) is 66.2 Å². The molecule has 0 spiro atoms. The Hall–Kier alpha value is -2.35. The third-order valence-electron chi connectivity index (χ3n) is 4.93. The first kappa shape index (κ1) is 17.0. The van der Waals surface area contributed by atoms with E-state index in [0.717, 1.165) is 16.9 Å². The number of nitrogens with one attached hydrogen (secondary N) is 1. The Balaban J connectivity index is 2.39. The highest BCUT2D eigenvalue weighted by Gasteiger charge is 2.39. The molecular formula is C21H26N2. The summed E-state index contributed by atoms with van der Waals surface area (Å²) in [6.07, 6.45) is 0. The van der Waals surface area contributed by atoms with Gasteiger partial charge in [0.1, 0.15) is 0 Å². The quantitative estimate of drug-likeness (QED) is 0.698. The number of benzene rings is 2. The van der Waals surface area contributed by atoms with Crippen molar-refractivity contribution in [3.63, 3.8) is 0 Å². The van der Waals surface area contributed by atoms with Gasteiger partial charge in [-0.15, -0.1) is 0 Å². The molecule has 2 nitrogen and oxygen atoms in total. The van der Waals surface area contributed by atoms with Crippen molar-refractivity contribution in [2.75, 3.05) is 5.32 Å². The van der Waals surface area contributed by atoms with Gasteiger partial charge in [0, 0.05) is 16.8 Å². The van der Waals surface area contributed by atoms with Gasteiger partial charge >= 0.3 is 0 Å². The van der Waals surface area contributed by atoms with Crippen LogP contribution in [-0.4, -0.2) is 12.3 Å². The van der Waals surface area contributed by atoms with E-state index in [9.17, 15) is 0 Å². The van der Waals surface area contributed by atoms with Gasteiger partial charge in [-0.2, -0.15) is 0 Å². The SMILES string of the molecule is C=NC(C)(C)C(C)(C)c1ccccc1NC(=C)c1ccccc1. The molecule has 0 saturated heterocycles. The lowest BCUT2D eigenvalue weighted by atomic mass is 9.69. The first-order valence-electron chi connectivity index (χ1n) is 7.88. The van der Waals surface area contributed by atoms with E-state index in [1.54, 1.807) is 0 Å². The Morgan fingerprint density at radius 1 is 0.913 bits per heavy atom. The molecule has 0 aliphatic carbocycles. The Kier molecular flexibility index (Phi) is 4.74. The van der Waals surface area contributed by atoms with Crippen molar-refractivity contribution >= 4 is 18.1 Å². The fourth-order valence-corrected chi connectivity index (χ4v) is 2.54. The molecule has 23 heavy (non-hydrogen) atoms. The maximum Gasteiger partial charge on any atom is 0.0636 e. The molecule has 2 heteroatoms. The van der Waals surface area contributed by atoms with Crippen molar-refractivity contribution in [2.24, 2.45) is 4.99 Å². The average Bonchev–Trinajstić information content (AvgIpc) is 2.55. The smallest absolute Gasteiger partial charge is 0.0636 e. The second-order valence-electron chi connectivity index (χ2n) is 6.86. The summed E-state index contributed by atoms with van der Waals surface area (Å²) in [6.45, 7) is 16.6. The molecule has 0 radical (unpaired) electrons. The van der Waals surface area contributed by atoms with E-state index in [0.29, 0.717) is 0 Å². The fourth-order valence-electron chi connectivity index (χ4n) is 2.54. The van der Waals surface area contributed by atoms with E-state index in [4.69, 9.17) is 0 Å². The summed E-state index contributed by atoms with van der Waals surface area (Å²) in [7, 11) is 0. The van der Waals surface area contributed by atoms with Gasteiger partial charge in [0.05, 0.1) is 5.54 Å². The number of aliphatic imine (C=N–C) groups is 1. The molecule has 0 bridgehead atoms. The van der Waals surface area contributed by atoms with Gasteiger partial charge in [-0.25, -0.2) is 0 Å². The van der Waals surface area contributed by atoms with Crippen molar-refractivity contribution in [2.45, 2.75) is 38.6 Å². The standard InChI is InChI=1S/C21H26N2/c1-16(17-12-8-7-9-13-17)23-19-15-11-10-14-18(19)20(2,3)21(4,5)22-6/h7-15,23H,1,6H2,2-5H3. The second kappa shape index (κ2) is 6.41. The van der Waals surface area contributed by atoms with Gasteiger partial charge in [-0.3, -0.25) is 4.99 Å². The van der Waals surface area contributed by atoms with Gasteiger partial charge in [-0.1, -0.05) is 69.0 Å². The third-order valence-corrected chi connectivity index (χ3v) is 4.93. The first-order valence-corrected chi connectivity index (χ1v) is 7.88. The van der Waals surface area contributed by atoms with Crippen LogP contribution in [0.4, 0.5) is 5.69 Å². The van der Waals surface area contributed by atoms with Crippen molar-refractivity contribution in [3.05, 3.63) is 72.3 Å². The first-order chi connectivity index (χ1) is 10.8. The maximum atomic E-state index is 4.35. The predicted molar refractivity (Wildman–Crippen MR) is 102 cm³/mol. The Morgan fingerprint density at radius 2 is 1.48 bits per heavy atom. The molecule has 0 saturated carbocycles. The summed E-state index contributed by atoms with van der Waals surface area (Å²) in [5, 5.41) is 3.47. The number of para-hydroxylation sites is 1. The highest BCUT2D eigenvalue weighted by molar-refractivity contribution is 5.77. The van der Waals surface area contributed by atoms with Crippen LogP contribution in [0.3, 0.4) is 0 Å². The molecule has 0 unspecified atom stereocenters. The number of hydrogen-bond acceptors (Lipinski definition) is 2. The number of hydrogen-bond donors (Lipinski definition) is 1. The van der Waals surface area contributed by atoms with Crippen LogP contribution in [0.5, 0.6) is 0 Å². The minimum absolute atomic E-state index is 0.171.